The van der Waals surface area contributed by atoms with Gasteiger partial charge in [0.05, 0.1) is 11.1 Å². The number of amides is 1. The number of aryl methyl sites for hydroxylation is 2. The Morgan fingerprint density at radius 3 is 2.45 bits per heavy atom. The molecule has 1 heterocycles. The molecule has 1 N–H and O–H groups in total. The number of nitrogens with one attached hydrogen (secondary N) is 1. The Balaban J connectivity index is 1.92. The largest absolute Gasteiger partial charge is 0.310 e. The van der Waals surface area contributed by atoms with E-state index in [-0.39, 0.29) is 5.91 Å². The van der Waals surface area contributed by atoms with Crippen molar-refractivity contribution in [1.82, 2.24) is 9.78 Å². The maximum absolute atomic E-state index is 13.0. The minimum absolute atomic E-state index is 0.0790. The lowest BCUT2D eigenvalue weighted by molar-refractivity contribution is -0.121. The number of anilines is 1. The van der Waals surface area contributed by atoms with Crippen molar-refractivity contribution in [2.45, 2.75) is 38.0 Å². The van der Waals surface area contributed by atoms with Crippen molar-refractivity contribution in [2.24, 2.45) is 7.05 Å². The van der Waals surface area contributed by atoms with Crippen LogP contribution in [0.3, 0.4) is 0 Å². The van der Waals surface area contributed by atoms with Gasteiger partial charge < -0.3 is 5.32 Å². The Morgan fingerprint density at radius 2 is 1.91 bits per heavy atom. The Hall–Kier alpha value is -1.62. The van der Waals surface area contributed by atoms with E-state index < -0.39 is 5.41 Å². The van der Waals surface area contributed by atoms with E-state index in [4.69, 9.17) is 0 Å². The smallest absolute Gasteiger partial charge is 0.236 e. The van der Waals surface area contributed by atoms with Crippen molar-refractivity contribution < 1.29 is 4.79 Å². The molecular weight excluding hydrogens is 342 g/mol. The van der Waals surface area contributed by atoms with Crippen LogP contribution in [0.25, 0.3) is 0 Å². The number of hydrogen-bond donors (Lipinski definition) is 1. The zero-order chi connectivity index (χ0) is 15.7. The molecule has 0 radical (unpaired) electrons. The summed E-state index contributed by atoms with van der Waals surface area (Å²) in [5, 5.41) is 7.37. The summed E-state index contributed by atoms with van der Waals surface area (Å²) < 4.78 is 2.75. The van der Waals surface area contributed by atoms with Crippen LogP contribution in [0.2, 0.25) is 0 Å². The molecule has 2 aromatic rings. The van der Waals surface area contributed by atoms with Crippen LogP contribution in [0, 0.1) is 6.92 Å². The van der Waals surface area contributed by atoms with Crippen molar-refractivity contribution >= 4 is 27.7 Å². The maximum atomic E-state index is 13.0. The molecule has 0 bridgehead atoms. The molecule has 22 heavy (non-hydrogen) atoms. The molecule has 5 heteroatoms. The molecule has 3 rings (SSSR count). The molecule has 0 aliphatic heterocycles. The van der Waals surface area contributed by atoms with E-state index in [0.29, 0.717) is 0 Å². The molecule has 1 aliphatic rings. The maximum Gasteiger partial charge on any atom is 0.236 e. The first-order chi connectivity index (χ1) is 10.5. The van der Waals surface area contributed by atoms with Crippen molar-refractivity contribution in [3.8, 4) is 0 Å². The van der Waals surface area contributed by atoms with Crippen molar-refractivity contribution in [2.75, 3.05) is 5.32 Å². The first kappa shape index (κ1) is 15.3. The zero-order valence-corrected chi connectivity index (χ0v) is 14.5. The summed E-state index contributed by atoms with van der Waals surface area (Å²) >= 11 is 3.46. The van der Waals surface area contributed by atoms with Gasteiger partial charge in [-0.3, -0.25) is 9.48 Å². The predicted octanol–water partition coefficient (Wildman–Crippen LogP) is 3.94. The van der Waals surface area contributed by atoms with Gasteiger partial charge in [-0.1, -0.05) is 40.9 Å². The lowest BCUT2D eigenvalue weighted by atomic mass is 9.78. The Kier molecular flexibility index (Phi) is 4.08. The minimum Gasteiger partial charge on any atom is -0.310 e. The van der Waals surface area contributed by atoms with Crippen LogP contribution in [0.5, 0.6) is 0 Å². The highest BCUT2D eigenvalue weighted by Crippen LogP contribution is 2.42. The van der Waals surface area contributed by atoms with E-state index in [1.807, 2.05) is 32.2 Å². The van der Waals surface area contributed by atoms with Gasteiger partial charge in [0.1, 0.15) is 5.82 Å². The molecule has 4 nitrogen and oxygen atoms in total. The average Bonchev–Trinajstić information content (AvgIpc) is 3.08. The highest BCUT2D eigenvalue weighted by Gasteiger charge is 2.42. The number of carbonyl (C=O) groups is 1. The highest BCUT2D eigenvalue weighted by molar-refractivity contribution is 9.10. The van der Waals surface area contributed by atoms with E-state index in [9.17, 15) is 4.79 Å². The van der Waals surface area contributed by atoms with E-state index >= 15 is 0 Å². The van der Waals surface area contributed by atoms with Crippen LogP contribution >= 0.6 is 15.9 Å². The predicted molar refractivity (Wildman–Crippen MR) is 90.9 cm³/mol. The van der Waals surface area contributed by atoms with Crippen LogP contribution < -0.4 is 5.32 Å². The number of rotatable bonds is 3. The van der Waals surface area contributed by atoms with Crippen LogP contribution in [-0.2, 0) is 17.3 Å². The van der Waals surface area contributed by atoms with Gasteiger partial charge in [0.25, 0.3) is 0 Å². The van der Waals surface area contributed by atoms with Crippen LogP contribution in [0.4, 0.5) is 5.82 Å². The normalized spacial score (nSPS) is 16.7. The standard InChI is InChI=1S/C17H20BrN3O/c1-12-11-15(21(2)20-12)19-16(22)17(9-3-4-10-17)13-5-7-14(18)8-6-13/h5-8,11H,3-4,9-10H2,1-2H3,(H,19,22). The van der Waals surface area contributed by atoms with Gasteiger partial charge in [-0.15, -0.1) is 0 Å². The summed E-state index contributed by atoms with van der Waals surface area (Å²) in [5.41, 5.74) is 1.59. The number of halogens is 1. The van der Waals surface area contributed by atoms with Crippen molar-refractivity contribution in [1.29, 1.82) is 0 Å². The highest BCUT2D eigenvalue weighted by atomic mass is 79.9. The molecule has 1 fully saturated rings. The Bertz CT molecular complexity index is 684. The SMILES string of the molecule is Cc1cc(NC(=O)C2(c3ccc(Br)cc3)CCCC2)n(C)n1. The summed E-state index contributed by atoms with van der Waals surface area (Å²) in [7, 11) is 1.85. The molecule has 1 saturated carbocycles. The van der Waals surface area contributed by atoms with E-state index in [0.717, 1.165) is 47.2 Å². The first-order valence-corrected chi connectivity index (χ1v) is 8.39. The third-order valence-corrected chi connectivity index (χ3v) is 5.06. The zero-order valence-electron chi connectivity index (χ0n) is 12.9. The molecule has 0 atom stereocenters. The molecule has 1 aromatic carbocycles. The van der Waals surface area contributed by atoms with Gasteiger partial charge in [-0.25, -0.2) is 0 Å². The summed E-state index contributed by atoms with van der Waals surface area (Å²) in [6, 6.07) is 10.0. The van der Waals surface area contributed by atoms with Crippen LogP contribution in [0.15, 0.2) is 34.8 Å². The van der Waals surface area contributed by atoms with E-state index in [2.05, 4.69) is 38.5 Å². The Morgan fingerprint density at radius 1 is 1.27 bits per heavy atom. The first-order valence-electron chi connectivity index (χ1n) is 7.59. The molecule has 1 aromatic heterocycles. The fourth-order valence-corrected chi connectivity index (χ4v) is 3.62. The van der Waals surface area contributed by atoms with Gasteiger partial charge in [0, 0.05) is 17.6 Å². The van der Waals surface area contributed by atoms with Gasteiger partial charge >= 0.3 is 0 Å². The molecule has 1 aliphatic carbocycles. The summed E-state index contributed by atoms with van der Waals surface area (Å²) in [4.78, 5) is 13.0. The summed E-state index contributed by atoms with van der Waals surface area (Å²) in [6.45, 7) is 1.93. The second-order valence-electron chi connectivity index (χ2n) is 6.04. The van der Waals surface area contributed by atoms with Crippen LogP contribution in [0.1, 0.15) is 36.9 Å². The minimum atomic E-state index is -0.418. The van der Waals surface area contributed by atoms with Gasteiger partial charge in [-0.05, 0) is 37.5 Å². The van der Waals surface area contributed by atoms with E-state index in [1.165, 1.54) is 0 Å². The van der Waals surface area contributed by atoms with Gasteiger partial charge in [-0.2, -0.15) is 5.10 Å². The number of nitrogens with zero attached hydrogens (tertiary/aromatic N) is 2. The van der Waals surface area contributed by atoms with Gasteiger partial charge in [0.2, 0.25) is 5.91 Å². The van der Waals surface area contributed by atoms with Gasteiger partial charge in [0.15, 0.2) is 0 Å². The molecule has 116 valence electrons. The van der Waals surface area contributed by atoms with Crippen molar-refractivity contribution in [3.63, 3.8) is 0 Å². The third kappa shape index (κ3) is 2.70. The quantitative estimate of drug-likeness (QED) is 0.899. The van der Waals surface area contributed by atoms with E-state index in [1.54, 1.807) is 4.68 Å². The molecule has 1 amide bonds. The fraction of sp³-hybridized carbons (Fsp3) is 0.412. The molecule has 0 unspecified atom stereocenters. The average molecular weight is 362 g/mol. The second-order valence-corrected chi connectivity index (χ2v) is 6.96. The number of aromatic nitrogens is 2. The summed E-state index contributed by atoms with van der Waals surface area (Å²) in [6.07, 6.45) is 3.98. The number of hydrogen-bond acceptors (Lipinski definition) is 2. The molecular formula is C17H20BrN3O. The number of carbonyl (C=O) groups excluding carboxylic acids is 1. The molecule has 0 spiro atoms. The van der Waals surface area contributed by atoms with Crippen LogP contribution in [-0.4, -0.2) is 15.7 Å². The monoisotopic (exact) mass is 361 g/mol. The topological polar surface area (TPSA) is 46.9 Å². The summed E-state index contributed by atoms with van der Waals surface area (Å²) in [5.74, 6) is 0.834. The van der Waals surface area contributed by atoms with Crippen molar-refractivity contribution in [3.05, 3.63) is 46.1 Å². The lowest BCUT2D eigenvalue weighted by Gasteiger charge is -2.28. The second kappa shape index (κ2) is 5.88. The Labute approximate surface area is 139 Å². The lowest BCUT2D eigenvalue weighted by Crippen LogP contribution is -2.38. The molecule has 0 saturated heterocycles. The number of benzene rings is 1. The third-order valence-electron chi connectivity index (χ3n) is 4.53. The fourth-order valence-electron chi connectivity index (χ4n) is 3.36.